The van der Waals surface area contributed by atoms with Crippen LogP contribution in [0.2, 0.25) is 0 Å². The normalized spacial score (nSPS) is 35.4. The fraction of sp³-hybridized carbons (Fsp3) is 0.850. The van der Waals surface area contributed by atoms with Crippen molar-refractivity contribution in [3.05, 3.63) is 11.6 Å². The monoisotopic (exact) mass is 649 g/mol. The average Bonchev–Trinajstić information content (AvgIpc) is 2.86. The lowest BCUT2D eigenvalue weighted by molar-refractivity contribution is -0.316. The second kappa shape index (κ2) is 20.2. The van der Waals surface area contributed by atoms with Gasteiger partial charge >= 0.3 is 0 Å². The van der Waals surface area contributed by atoms with Crippen molar-refractivity contribution in [3.63, 3.8) is 0 Å². The molecule has 10 unspecified atom stereocenters. The van der Waals surface area contributed by atoms with E-state index in [4.69, 9.17) is 14.6 Å². The van der Waals surface area contributed by atoms with Crippen molar-refractivity contribution in [2.24, 2.45) is 0 Å². The van der Waals surface area contributed by atoms with Gasteiger partial charge in [0.2, 0.25) is 0 Å². The zero-order valence-electron chi connectivity index (χ0n) is 20.6. The topological polar surface area (TPSA) is 270 Å². The molecule has 0 bridgehead atoms. The molecule has 0 aromatic carbocycles. The van der Waals surface area contributed by atoms with Crippen molar-refractivity contribution in [1.29, 1.82) is 0 Å². The van der Waals surface area contributed by atoms with E-state index in [0.717, 1.165) is 0 Å². The molecule has 13 atom stereocenters. The molecule has 1 heterocycles. The predicted molar refractivity (Wildman–Crippen MR) is 154 cm³/mol. The maximum atomic E-state index is 10.9. The molecule has 2 aliphatic rings. The molecule has 0 amide bonds. The first kappa shape index (κ1) is 43.7. The van der Waals surface area contributed by atoms with Crippen LogP contribution in [0.3, 0.4) is 0 Å². The number of aldehydes is 1. The number of aliphatic hydroxyl groups is 11. The Kier molecular flexibility index (Phi) is 22.6. The summed E-state index contributed by atoms with van der Waals surface area (Å²) in [5.74, 6) is 0. The van der Waals surface area contributed by atoms with Crippen LogP contribution in [0.15, 0.2) is 11.6 Å². The summed E-state index contributed by atoms with van der Waals surface area (Å²) in [4.78, 5) is 10.9. The summed E-state index contributed by atoms with van der Waals surface area (Å²) in [5.41, 5.74) is -0.0378. The molecule has 0 saturated carbocycles. The molecule has 1 aliphatic carbocycles. The van der Waals surface area contributed by atoms with Gasteiger partial charge in [0, 0.05) is 6.04 Å². The molecule has 0 radical (unpaired) electrons. The summed E-state index contributed by atoms with van der Waals surface area (Å²) >= 11 is 0. The third-order valence-electron chi connectivity index (χ3n) is 6.14. The zero-order valence-corrected chi connectivity index (χ0v) is 24.6. The second-order valence-electron chi connectivity index (χ2n) is 8.62. The van der Waals surface area contributed by atoms with Crippen molar-refractivity contribution in [3.8, 4) is 0 Å². The first-order valence-electron chi connectivity index (χ1n) is 11.0. The number of carbonyl (C=O) groups is 1. The highest BCUT2D eigenvalue weighted by Gasteiger charge is 2.48. The summed E-state index contributed by atoms with van der Waals surface area (Å²) in [6, 6.07) is -2.48. The summed E-state index contributed by atoms with van der Waals surface area (Å²) in [7, 11) is 0. The van der Waals surface area contributed by atoms with E-state index < -0.39 is 99.2 Å². The molecule has 236 valence electrons. The third kappa shape index (κ3) is 10.8. The van der Waals surface area contributed by atoms with E-state index in [1.165, 1.54) is 6.08 Å². The number of ether oxygens (including phenoxy) is 2. The number of hydrogen-bond donors (Lipinski definition) is 12. The van der Waals surface area contributed by atoms with Crippen molar-refractivity contribution in [1.82, 2.24) is 5.32 Å². The summed E-state index contributed by atoms with van der Waals surface area (Å²) in [6.07, 6.45) is -17.3. The van der Waals surface area contributed by atoms with Gasteiger partial charge in [-0.1, -0.05) is 6.08 Å². The Labute approximate surface area is 252 Å². The van der Waals surface area contributed by atoms with Crippen LogP contribution in [-0.4, -0.2) is 162 Å². The van der Waals surface area contributed by atoms with Crippen LogP contribution in [0.4, 0.5) is 0 Å². The van der Waals surface area contributed by atoms with Crippen LogP contribution < -0.4 is 5.32 Å². The van der Waals surface area contributed by atoms with Crippen LogP contribution in [-0.2, 0) is 14.3 Å². The molecule has 12 N–H and O–H groups in total. The molecule has 0 aromatic heterocycles. The van der Waals surface area contributed by atoms with E-state index in [1.807, 2.05) is 0 Å². The molecule has 2 rings (SSSR count). The van der Waals surface area contributed by atoms with E-state index in [9.17, 15) is 55.9 Å². The lowest BCUT2D eigenvalue weighted by Gasteiger charge is -2.44. The van der Waals surface area contributed by atoms with Gasteiger partial charge < -0.3 is 75.8 Å². The highest BCUT2D eigenvalue weighted by Crippen LogP contribution is 2.29. The minimum absolute atomic E-state index is 0. The molecule has 1 aliphatic heterocycles. The molecule has 19 heteroatoms. The SMILES string of the molecule is O=CC(O)C(O)C(C[C@H](O)CO)NC1C=C(CO)C(OC2O[C@H](CO)C(O)[C@H](O)C2O)C(O)C1O.S.S.S.S. The average molecular weight is 650 g/mol. The summed E-state index contributed by atoms with van der Waals surface area (Å²) in [6.45, 7) is -2.16. The maximum Gasteiger partial charge on any atom is 0.187 e. The van der Waals surface area contributed by atoms with Crippen molar-refractivity contribution < 1.29 is 70.4 Å². The van der Waals surface area contributed by atoms with Crippen LogP contribution >= 0.6 is 54.0 Å². The standard InChI is InChI=1S/C20H35NO14.4H2S/c22-3-7-1-9(21-10(2-8(26)4-23)13(28)11(27)5-24)14(29)17(32)19(7)35-20-18(33)16(31)15(30)12(6-25)34-20;;;;/h1,5,8-23,25-33H,2-4,6H2;4*1H2/t8-,9?,10?,11?,12+,13?,14?,15?,16-,17?,18?,19?,20?;;;;/m0..../s1. The van der Waals surface area contributed by atoms with Gasteiger partial charge in [-0.25, -0.2) is 0 Å². The Morgan fingerprint density at radius 1 is 0.897 bits per heavy atom. The van der Waals surface area contributed by atoms with Gasteiger partial charge in [-0.3, -0.25) is 0 Å². The third-order valence-corrected chi connectivity index (χ3v) is 6.14. The van der Waals surface area contributed by atoms with Gasteiger partial charge in [-0.15, -0.1) is 0 Å². The fourth-order valence-electron chi connectivity index (χ4n) is 4.06. The maximum absolute atomic E-state index is 10.9. The highest BCUT2D eigenvalue weighted by atomic mass is 32.1. The summed E-state index contributed by atoms with van der Waals surface area (Å²) in [5, 5.41) is 112. The van der Waals surface area contributed by atoms with Crippen molar-refractivity contribution in [2.75, 3.05) is 19.8 Å². The number of carbonyl (C=O) groups excluding carboxylic acids is 1. The Balaban J connectivity index is -0.00000324. The fourth-order valence-corrected chi connectivity index (χ4v) is 4.06. The van der Waals surface area contributed by atoms with E-state index in [-0.39, 0.29) is 72.3 Å². The van der Waals surface area contributed by atoms with Crippen LogP contribution in [0.5, 0.6) is 0 Å². The Morgan fingerprint density at radius 2 is 1.49 bits per heavy atom. The largest absolute Gasteiger partial charge is 0.394 e. The predicted octanol–water partition coefficient (Wildman–Crippen LogP) is -6.73. The molecular weight excluding hydrogens is 606 g/mol. The number of hydrogen-bond acceptors (Lipinski definition) is 15. The highest BCUT2D eigenvalue weighted by molar-refractivity contribution is 7.59. The number of nitrogens with one attached hydrogen (secondary N) is 1. The lowest BCUT2D eigenvalue weighted by atomic mass is 9.86. The molecule has 1 fully saturated rings. The van der Waals surface area contributed by atoms with Gasteiger partial charge in [-0.2, -0.15) is 54.0 Å². The van der Waals surface area contributed by atoms with E-state index >= 15 is 0 Å². The van der Waals surface area contributed by atoms with Gasteiger partial charge in [-0.05, 0) is 12.0 Å². The number of aliphatic hydroxyl groups excluding tert-OH is 11. The van der Waals surface area contributed by atoms with Crippen molar-refractivity contribution in [2.45, 2.75) is 85.8 Å². The van der Waals surface area contributed by atoms with Gasteiger partial charge in [0.15, 0.2) is 12.6 Å². The molecular formula is C20H43NO14S4. The van der Waals surface area contributed by atoms with Crippen molar-refractivity contribution >= 4 is 60.3 Å². The summed E-state index contributed by atoms with van der Waals surface area (Å²) < 4.78 is 10.7. The Bertz CT molecular complexity index is 713. The first-order valence-corrected chi connectivity index (χ1v) is 11.0. The second-order valence-corrected chi connectivity index (χ2v) is 8.62. The first-order chi connectivity index (χ1) is 16.5. The van der Waals surface area contributed by atoms with Gasteiger partial charge in [0.05, 0.1) is 32.0 Å². The lowest BCUT2D eigenvalue weighted by Crippen LogP contribution is -2.63. The smallest absolute Gasteiger partial charge is 0.187 e. The van der Waals surface area contributed by atoms with Gasteiger partial charge in [0.25, 0.3) is 0 Å². The molecule has 0 aromatic rings. The molecule has 0 spiro atoms. The Hall–Kier alpha value is 0.250. The Morgan fingerprint density at radius 3 is 1.97 bits per heavy atom. The minimum atomic E-state index is -1.87. The molecule has 39 heavy (non-hydrogen) atoms. The zero-order chi connectivity index (χ0) is 26.4. The molecule has 15 nitrogen and oxygen atoms in total. The number of rotatable bonds is 12. The molecule has 1 saturated heterocycles. The van der Waals surface area contributed by atoms with E-state index in [0.29, 0.717) is 0 Å². The van der Waals surface area contributed by atoms with Crippen LogP contribution in [0.25, 0.3) is 0 Å². The van der Waals surface area contributed by atoms with E-state index in [2.05, 4.69) is 5.32 Å². The van der Waals surface area contributed by atoms with Crippen LogP contribution in [0.1, 0.15) is 6.42 Å². The van der Waals surface area contributed by atoms with E-state index in [1.54, 1.807) is 0 Å². The van der Waals surface area contributed by atoms with Crippen LogP contribution in [0, 0.1) is 0 Å². The minimum Gasteiger partial charge on any atom is -0.394 e. The van der Waals surface area contributed by atoms with Gasteiger partial charge in [0.1, 0.15) is 54.9 Å². The quantitative estimate of drug-likeness (QED) is 0.0692.